The monoisotopic (exact) mass is 333 g/mol. The topological polar surface area (TPSA) is 54.0 Å². The molecule has 0 saturated carbocycles. The summed E-state index contributed by atoms with van der Waals surface area (Å²) in [6, 6.07) is 7.43. The normalized spacial score (nSPS) is 10.2. The molecule has 0 aliphatic heterocycles. The highest BCUT2D eigenvalue weighted by Gasteiger charge is 2.11. The van der Waals surface area contributed by atoms with E-state index in [4.69, 9.17) is 0 Å². The van der Waals surface area contributed by atoms with Crippen LogP contribution in [0.4, 0.5) is 11.4 Å². The molecule has 20 heavy (non-hydrogen) atoms. The highest BCUT2D eigenvalue weighted by molar-refractivity contribution is 9.10. The van der Waals surface area contributed by atoms with Gasteiger partial charge in [0.2, 0.25) is 0 Å². The summed E-state index contributed by atoms with van der Waals surface area (Å²) in [6.45, 7) is 4.72. The Labute approximate surface area is 126 Å². The van der Waals surface area contributed by atoms with Gasteiger partial charge in [0, 0.05) is 22.9 Å². The van der Waals surface area contributed by atoms with Crippen molar-refractivity contribution in [2.24, 2.45) is 0 Å². The first-order chi connectivity index (χ1) is 9.61. The summed E-state index contributed by atoms with van der Waals surface area (Å²) in [6.07, 6.45) is 3.27. The molecular formula is C15H16BrN3O. The number of carbonyl (C=O) groups excluding carboxylic acids is 1. The lowest BCUT2D eigenvalue weighted by Crippen LogP contribution is -2.15. The van der Waals surface area contributed by atoms with Crippen LogP contribution in [-0.2, 0) is 0 Å². The van der Waals surface area contributed by atoms with Crippen LogP contribution < -0.4 is 10.6 Å². The summed E-state index contributed by atoms with van der Waals surface area (Å²) in [5.41, 5.74) is 3.20. The van der Waals surface area contributed by atoms with Crippen molar-refractivity contribution in [2.75, 3.05) is 17.2 Å². The van der Waals surface area contributed by atoms with Crippen molar-refractivity contribution < 1.29 is 4.79 Å². The van der Waals surface area contributed by atoms with E-state index in [1.54, 1.807) is 18.5 Å². The molecule has 2 aromatic rings. The summed E-state index contributed by atoms with van der Waals surface area (Å²) in [4.78, 5) is 16.3. The van der Waals surface area contributed by atoms with E-state index in [0.29, 0.717) is 5.56 Å². The number of carbonyl (C=O) groups is 1. The van der Waals surface area contributed by atoms with Gasteiger partial charge in [-0.3, -0.25) is 9.78 Å². The van der Waals surface area contributed by atoms with Crippen molar-refractivity contribution in [3.63, 3.8) is 0 Å². The maximum Gasteiger partial charge on any atom is 0.257 e. The summed E-state index contributed by atoms with van der Waals surface area (Å²) in [5, 5.41) is 6.02. The van der Waals surface area contributed by atoms with Gasteiger partial charge in [-0.25, -0.2) is 0 Å². The van der Waals surface area contributed by atoms with Crippen LogP contribution in [0.15, 0.2) is 41.1 Å². The number of amides is 1. The van der Waals surface area contributed by atoms with E-state index < -0.39 is 0 Å². The maximum absolute atomic E-state index is 12.3. The number of rotatable bonds is 4. The van der Waals surface area contributed by atoms with Crippen molar-refractivity contribution in [1.29, 1.82) is 0 Å². The molecule has 0 bridgehead atoms. The summed E-state index contributed by atoms with van der Waals surface area (Å²) >= 11 is 3.46. The Hall–Kier alpha value is -1.88. The van der Waals surface area contributed by atoms with Crippen LogP contribution in [0.3, 0.4) is 0 Å². The minimum Gasteiger partial charge on any atom is -0.383 e. The molecular weight excluding hydrogens is 318 g/mol. The lowest BCUT2D eigenvalue weighted by Gasteiger charge is -2.11. The van der Waals surface area contributed by atoms with Crippen LogP contribution in [0.2, 0.25) is 0 Å². The van der Waals surface area contributed by atoms with Crippen LogP contribution in [0.5, 0.6) is 0 Å². The smallest absolute Gasteiger partial charge is 0.257 e. The van der Waals surface area contributed by atoms with Gasteiger partial charge in [0.05, 0.1) is 17.4 Å². The average molecular weight is 334 g/mol. The minimum atomic E-state index is -0.154. The molecule has 0 aliphatic carbocycles. The fraction of sp³-hybridized carbons (Fsp3) is 0.200. The highest BCUT2D eigenvalue weighted by Crippen LogP contribution is 2.22. The number of aromatic nitrogens is 1. The third-order valence-electron chi connectivity index (χ3n) is 2.86. The molecule has 2 rings (SSSR count). The Balaban J connectivity index is 2.21. The lowest BCUT2D eigenvalue weighted by molar-refractivity contribution is 0.102. The molecule has 2 N–H and O–H groups in total. The molecule has 1 aromatic heterocycles. The molecule has 1 amide bonds. The number of anilines is 2. The van der Waals surface area contributed by atoms with Gasteiger partial charge in [0.1, 0.15) is 0 Å². The van der Waals surface area contributed by atoms with E-state index in [0.717, 1.165) is 28.0 Å². The van der Waals surface area contributed by atoms with Gasteiger partial charge < -0.3 is 10.6 Å². The van der Waals surface area contributed by atoms with Crippen molar-refractivity contribution in [3.8, 4) is 0 Å². The number of halogens is 1. The van der Waals surface area contributed by atoms with Gasteiger partial charge in [-0.15, -0.1) is 0 Å². The minimum absolute atomic E-state index is 0.154. The fourth-order valence-electron chi connectivity index (χ4n) is 1.79. The van der Waals surface area contributed by atoms with Crippen molar-refractivity contribution >= 4 is 33.2 Å². The molecule has 0 saturated heterocycles. The Morgan fingerprint density at radius 2 is 2.15 bits per heavy atom. The van der Waals surface area contributed by atoms with Crippen molar-refractivity contribution in [3.05, 3.63) is 52.3 Å². The number of hydrogen-bond acceptors (Lipinski definition) is 3. The zero-order valence-electron chi connectivity index (χ0n) is 11.4. The first kappa shape index (κ1) is 14.5. The second kappa shape index (κ2) is 6.52. The Morgan fingerprint density at radius 1 is 1.35 bits per heavy atom. The quantitative estimate of drug-likeness (QED) is 0.893. The largest absolute Gasteiger partial charge is 0.383 e. The molecule has 0 spiro atoms. The zero-order valence-corrected chi connectivity index (χ0v) is 13.0. The van der Waals surface area contributed by atoms with Crippen molar-refractivity contribution in [1.82, 2.24) is 4.98 Å². The van der Waals surface area contributed by atoms with Crippen molar-refractivity contribution in [2.45, 2.75) is 13.8 Å². The van der Waals surface area contributed by atoms with Crippen LogP contribution in [0.25, 0.3) is 0 Å². The van der Waals surface area contributed by atoms with Gasteiger partial charge in [0.25, 0.3) is 5.91 Å². The fourth-order valence-corrected chi connectivity index (χ4v) is 2.17. The van der Waals surface area contributed by atoms with E-state index in [-0.39, 0.29) is 5.91 Å². The SMILES string of the molecule is CCNc1cnccc1C(=O)Nc1ccc(C)c(Br)c1. The highest BCUT2D eigenvalue weighted by atomic mass is 79.9. The van der Waals surface area contributed by atoms with E-state index in [1.165, 1.54) is 0 Å². The first-order valence-corrected chi connectivity index (χ1v) is 7.16. The number of hydrogen-bond donors (Lipinski definition) is 2. The van der Waals surface area contributed by atoms with Gasteiger partial charge in [-0.1, -0.05) is 22.0 Å². The van der Waals surface area contributed by atoms with E-state index in [9.17, 15) is 4.79 Å². The number of aryl methyl sites for hydroxylation is 1. The average Bonchev–Trinajstić information content (AvgIpc) is 2.44. The maximum atomic E-state index is 12.3. The number of nitrogens with zero attached hydrogens (tertiary/aromatic N) is 1. The van der Waals surface area contributed by atoms with Crippen LogP contribution in [0, 0.1) is 6.92 Å². The third-order valence-corrected chi connectivity index (χ3v) is 3.72. The molecule has 5 heteroatoms. The first-order valence-electron chi connectivity index (χ1n) is 6.37. The molecule has 1 aromatic carbocycles. The van der Waals surface area contributed by atoms with E-state index >= 15 is 0 Å². The van der Waals surface area contributed by atoms with E-state index in [2.05, 4.69) is 31.5 Å². The van der Waals surface area contributed by atoms with Crippen LogP contribution >= 0.6 is 15.9 Å². The molecule has 1 heterocycles. The Kier molecular flexibility index (Phi) is 4.74. The second-order valence-electron chi connectivity index (χ2n) is 4.37. The van der Waals surface area contributed by atoms with Gasteiger partial charge >= 0.3 is 0 Å². The van der Waals surface area contributed by atoms with Gasteiger partial charge in [-0.2, -0.15) is 0 Å². The second-order valence-corrected chi connectivity index (χ2v) is 5.22. The molecule has 0 unspecified atom stereocenters. The third kappa shape index (κ3) is 3.36. The van der Waals surface area contributed by atoms with Gasteiger partial charge in [0.15, 0.2) is 0 Å². The predicted molar refractivity (Wildman–Crippen MR) is 85.2 cm³/mol. The standard InChI is InChI=1S/C15H16BrN3O/c1-3-18-14-9-17-7-6-12(14)15(20)19-11-5-4-10(2)13(16)8-11/h4-9,18H,3H2,1-2H3,(H,19,20). The number of nitrogens with one attached hydrogen (secondary N) is 2. The Bertz CT molecular complexity index is 628. The molecule has 0 fully saturated rings. The van der Waals surface area contributed by atoms with Gasteiger partial charge in [-0.05, 0) is 37.6 Å². The predicted octanol–water partition coefficient (Wildman–Crippen LogP) is 3.84. The van der Waals surface area contributed by atoms with Crippen LogP contribution in [-0.4, -0.2) is 17.4 Å². The molecule has 0 radical (unpaired) electrons. The number of benzene rings is 1. The lowest BCUT2D eigenvalue weighted by atomic mass is 10.2. The molecule has 4 nitrogen and oxygen atoms in total. The summed E-state index contributed by atoms with van der Waals surface area (Å²) in [5.74, 6) is -0.154. The molecule has 0 aliphatic rings. The summed E-state index contributed by atoms with van der Waals surface area (Å²) < 4.78 is 0.969. The van der Waals surface area contributed by atoms with E-state index in [1.807, 2.05) is 32.0 Å². The van der Waals surface area contributed by atoms with Crippen LogP contribution in [0.1, 0.15) is 22.8 Å². The molecule has 104 valence electrons. The summed E-state index contributed by atoms with van der Waals surface area (Å²) in [7, 11) is 0. The molecule has 0 atom stereocenters. The zero-order chi connectivity index (χ0) is 14.5. The number of pyridine rings is 1. The Morgan fingerprint density at radius 3 is 2.85 bits per heavy atom.